The highest BCUT2D eigenvalue weighted by molar-refractivity contribution is 5.79. The molecule has 186 valence electrons. The van der Waals surface area contributed by atoms with E-state index < -0.39 is 17.8 Å². The third kappa shape index (κ3) is 4.71. The van der Waals surface area contributed by atoms with Gasteiger partial charge in [-0.1, -0.05) is 0 Å². The number of likely N-dealkylation sites (tertiary alicyclic amines) is 1. The quantitative estimate of drug-likeness (QED) is 0.558. The summed E-state index contributed by atoms with van der Waals surface area (Å²) in [4.78, 5) is 41.4. The Morgan fingerprint density at radius 3 is 2.83 bits per heavy atom. The molecule has 5 rings (SSSR count). The van der Waals surface area contributed by atoms with Crippen molar-refractivity contribution in [3.63, 3.8) is 0 Å². The largest absolute Gasteiger partial charge is 0.480 e. The van der Waals surface area contributed by atoms with E-state index in [0.717, 1.165) is 25.0 Å². The van der Waals surface area contributed by atoms with Crippen molar-refractivity contribution in [1.29, 1.82) is 5.26 Å². The van der Waals surface area contributed by atoms with E-state index in [1.807, 2.05) is 12.1 Å². The lowest BCUT2D eigenvalue weighted by molar-refractivity contribution is -0.138. The second kappa shape index (κ2) is 9.89. The maximum atomic E-state index is 14.0. The van der Waals surface area contributed by atoms with Crippen molar-refractivity contribution in [2.75, 3.05) is 24.5 Å². The van der Waals surface area contributed by atoms with E-state index in [0.29, 0.717) is 55.5 Å². The van der Waals surface area contributed by atoms with Gasteiger partial charge in [0.25, 0.3) is 0 Å². The lowest BCUT2D eigenvalue weighted by atomic mass is 9.93. The number of rotatable bonds is 6. The Bertz CT molecular complexity index is 1350. The molecule has 2 saturated heterocycles. The van der Waals surface area contributed by atoms with Crippen LogP contribution in [0.15, 0.2) is 30.6 Å². The number of aromatic nitrogens is 4. The molecule has 0 aromatic carbocycles. The molecule has 2 atom stereocenters. The molecule has 1 N–H and O–H groups in total. The molecule has 0 saturated carbocycles. The molecule has 2 aliphatic heterocycles. The van der Waals surface area contributed by atoms with Crippen molar-refractivity contribution < 1.29 is 19.1 Å². The van der Waals surface area contributed by atoms with E-state index in [1.54, 1.807) is 26.5 Å². The van der Waals surface area contributed by atoms with Crippen molar-refractivity contribution in [2.24, 2.45) is 5.92 Å². The number of carbonyl (C=O) groups is 2. The fourth-order valence-electron chi connectivity index (χ4n) is 5.20. The number of carboxylic acid groups (broad SMARTS) is 1. The van der Waals surface area contributed by atoms with Gasteiger partial charge in [-0.2, -0.15) is 5.26 Å². The molecule has 10 nitrogen and oxygen atoms in total. The Morgan fingerprint density at radius 1 is 1.19 bits per heavy atom. The minimum absolute atomic E-state index is 0.134. The Balaban J connectivity index is 1.51. The first kappa shape index (κ1) is 23.7. The summed E-state index contributed by atoms with van der Waals surface area (Å²) in [6, 6.07) is 5.98. The standard InChI is InChI=1S/C25H26FN7O3/c26-17-5-6-21-28-13-20(33(21)15-17)24-29-18(11-16-3-1-9-31(14-16)23(34)7-8-27)12-22(30-24)32-10-2-4-19(32)25(35)36/h5-6,12-13,15-16,19H,1-4,7,9-11,14H2,(H,35,36)/t16-,19-/m0/s1. The molecule has 0 unspecified atom stereocenters. The predicted molar refractivity (Wildman–Crippen MR) is 127 cm³/mol. The van der Waals surface area contributed by atoms with Crippen molar-refractivity contribution >= 4 is 23.3 Å². The Morgan fingerprint density at radius 2 is 2.03 bits per heavy atom. The molecule has 3 aromatic heterocycles. The Hall–Kier alpha value is -4.07. The smallest absolute Gasteiger partial charge is 0.326 e. The summed E-state index contributed by atoms with van der Waals surface area (Å²) < 4.78 is 15.6. The molecule has 11 heteroatoms. The molecule has 0 bridgehead atoms. The maximum Gasteiger partial charge on any atom is 0.326 e. The number of aliphatic carboxylic acids is 1. The highest BCUT2D eigenvalue weighted by atomic mass is 19.1. The van der Waals surface area contributed by atoms with Crippen LogP contribution in [0.2, 0.25) is 0 Å². The Kier molecular flexibility index (Phi) is 6.50. The summed E-state index contributed by atoms with van der Waals surface area (Å²) in [6.45, 7) is 1.74. The van der Waals surface area contributed by atoms with Crippen LogP contribution < -0.4 is 4.90 Å². The van der Waals surface area contributed by atoms with Crippen molar-refractivity contribution in [3.8, 4) is 17.6 Å². The lowest BCUT2D eigenvalue weighted by Crippen LogP contribution is -2.40. The van der Waals surface area contributed by atoms with Gasteiger partial charge in [-0.25, -0.2) is 24.1 Å². The average Bonchev–Trinajstić information content (AvgIpc) is 3.52. The first-order valence-electron chi connectivity index (χ1n) is 12.1. The van der Waals surface area contributed by atoms with Crippen LogP contribution in [0.1, 0.15) is 37.8 Å². The minimum Gasteiger partial charge on any atom is -0.480 e. The average molecular weight is 492 g/mol. The molecule has 5 heterocycles. The van der Waals surface area contributed by atoms with Crippen LogP contribution in [-0.4, -0.2) is 66.9 Å². The molecule has 2 aliphatic rings. The molecule has 0 radical (unpaired) electrons. The van der Waals surface area contributed by atoms with E-state index in [4.69, 9.17) is 15.2 Å². The zero-order chi connectivity index (χ0) is 25.2. The molecule has 0 spiro atoms. The van der Waals surface area contributed by atoms with E-state index in [2.05, 4.69) is 4.98 Å². The summed E-state index contributed by atoms with van der Waals surface area (Å²) in [5.74, 6) is -0.492. The number of amides is 1. The van der Waals surface area contributed by atoms with Crippen LogP contribution in [0.5, 0.6) is 0 Å². The summed E-state index contributed by atoms with van der Waals surface area (Å²) in [7, 11) is 0. The highest BCUT2D eigenvalue weighted by Gasteiger charge is 2.32. The van der Waals surface area contributed by atoms with Gasteiger partial charge >= 0.3 is 5.97 Å². The van der Waals surface area contributed by atoms with Crippen molar-refractivity contribution in [2.45, 2.75) is 44.6 Å². The van der Waals surface area contributed by atoms with E-state index in [-0.39, 0.29) is 18.2 Å². The zero-order valence-electron chi connectivity index (χ0n) is 19.7. The SMILES string of the molecule is N#CCC(=O)N1CCC[C@@H](Cc2cc(N3CCC[C@H]3C(=O)O)nc(-c3cnc4ccc(F)cn34)n2)C1. The van der Waals surface area contributed by atoms with Crippen LogP contribution in [-0.2, 0) is 16.0 Å². The zero-order valence-corrected chi connectivity index (χ0v) is 19.7. The number of hydrogen-bond donors (Lipinski definition) is 1. The number of carbonyl (C=O) groups excluding carboxylic acids is 1. The second-order valence-electron chi connectivity index (χ2n) is 9.34. The summed E-state index contributed by atoms with van der Waals surface area (Å²) in [5.41, 5.74) is 1.77. The Labute approximate surface area is 207 Å². The summed E-state index contributed by atoms with van der Waals surface area (Å²) in [5, 5.41) is 18.6. The van der Waals surface area contributed by atoms with Crippen LogP contribution in [0, 0.1) is 23.1 Å². The van der Waals surface area contributed by atoms with E-state index in [9.17, 15) is 19.1 Å². The third-order valence-electron chi connectivity index (χ3n) is 6.90. The molecular weight excluding hydrogens is 465 g/mol. The van der Waals surface area contributed by atoms with Gasteiger partial charge in [0.1, 0.15) is 35.4 Å². The fourth-order valence-corrected chi connectivity index (χ4v) is 5.20. The number of fused-ring (bicyclic) bond motifs is 1. The monoisotopic (exact) mass is 491 g/mol. The van der Waals surface area contributed by atoms with Crippen molar-refractivity contribution in [3.05, 3.63) is 42.1 Å². The fraction of sp³-hybridized carbons (Fsp3) is 0.440. The van der Waals surface area contributed by atoms with Gasteiger partial charge < -0.3 is 14.9 Å². The summed E-state index contributed by atoms with van der Waals surface area (Å²) in [6.07, 6.45) is 6.36. The number of halogens is 1. The number of nitrogens with zero attached hydrogens (tertiary/aromatic N) is 7. The molecule has 3 aromatic rings. The second-order valence-corrected chi connectivity index (χ2v) is 9.34. The van der Waals surface area contributed by atoms with Gasteiger partial charge in [0.05, 0.1) is 12.3 Å². The number of nitriles is 1. The number of piperidine rings is 1. The maximum absolute atomic E-state index is 14.0. The first-order valence-corrected chi connectivity index (χ1v) is 12.1. The van der Waals surface area contributed by atoms with E-state index >= 15 is 0 Å². The molecule has 1 amide bonds. The normalized spacial score (nSPS) is 20.0. The lowest BCUT2D eigenvalue weighted by Gasteiger charge is -2.32. The number of anilines is 1. The number of carboxylic acids is 1. The van der Waals surface area contributed by atoms with E-state index in [1.165, 1.54) is 12.3 Å². The van der Waals surface area contributed by atoms with Gasteiger partial charge in [0.2, 0.25) is 5.91 Å². The van der Waals surface area contributed by atoms with Gasteiger partial charge in [0.15, 0.2) is 5.82 Å². The van der Waals surface area contributed by atoms with Gasteiger partial charge in [0, 0.05) is 37.6 Å². The van der Waals surface area contributed by atoms with Gasteiger partial charge in [-0.05, 0) is 50.2 Å². The van der Waals surface area contributed by atoms with Crippen LogP contribution >= 0.6 is 0 Å². The molecule has 2 fully saturated rings. The topological polar surface area (TPSA) is 128 Å². The number of hydrogen-bond acceptors (Lipinski definition) is 7. The van der Waals surface area contributed by atoms with Crippen LogP contribution in [0.25, 0.3) is 17.2 Å². The predicted octanol–water partition coefficient (Wildman–Crippen LogP) is 2.68. The minimum atomic E-state index is -0.898. The van der Waals surface area contributed by atoms with Crippen LogP contribution in [0.3, 0.4) is 0 Å². The third-order valence-corrected chi connectivity index (χ3v) is 6.90. The highest BCUT2D eigenvalue weighted by Crippen LogP contribution is 2.29. The van der Waals surface area contributed by atoms with Gasteiger partial charge in [-0.3, -0.25) is 9.20 Å². The summed E-state index contributed by atoms with van der Waals surface area (Å²) >= 11 is 0. The van der Waals surface area contributed by atoms with Crippen LogP contribution in [0.4, 0.5) is 10.2 Å². The number of pyridine rings is 1. The first-order chi connectivity index (χ1) is 17.4. The molecule has 0 aliphatic carbocycles. The van der Waals surface area contributed by atoms with Gasteiger partial charge in [-0.15, -0.1) is 0 Å². The molecular formula is C25H26FN7O3. The number of imidazole rings is 1. The van der Waals surface area contributed by atoms with Crippen molar-refractivity contribution in [1.82, 2.24) is 24.3 Å². The molecule has 36 heavy (non-hydrogen) atoms.